The van der Waals surface area contributed by atoms with Crippen LogP contribution in [0.2, 0.25) is 0 Å². The maximum atomic E-state index is 12.5. The van der Waals surface area contributed by atoms with Crippen LogP contribution in [0.25, 0.3) is 22.1 Å². The Bertz CT molecular complexity index is 1260. The first kappa shape index (κ1) is 20.2. The summed E-state index contributed by atoms with van der Waals surface area (Å²) in [5, 5.41) is 12.5. The SMILES string of the molecule is COc1cc(OC(F)(F)F)ccc1-c1ccc2onc(OCc3nnc(C4CC4)o3)c2c1. The highest BCUT2D eigenvalue weighted by atomic mass is 19.4. The maximum absolute atomic E-state index is 12.5. The molecule has 0 spiro atoms. The number of aromatic nitrogens is 3. The number of nitrogens with zero attached hydrogens (tertiary/aromatic N) is 3. The molecule has 0 aliphatic heterocycles. The van der Waals surface area contributed by atoms with E-state index in [9.17, 15) is 13.2 Å². The molecule has 0 saturated heterocycles. The highest BCUT2D eigenvalue weighted by Gasteiger charge is 2.31. The molecule has 5 rings (SSSR count). The number of rotatable bonds is 7. The number of benzene rings is 2. The van der Waals surface area contributed by atoms with E-state index in [2.05, 4.69) is 20.1 Å². The van der Waals surface area contributed by atoms with Gasteiger partial charge in [0, 0.05) is 17.5 Å². The Kier molecular flexibility index (Phi) is 4.87. The summed E-state index contributed by atoms with van der Waals surface area (Å²) in [7, 11) is 1.36. The lowest BCUT2D eigenvalue weighted by Gasteiger charge is -2.13. The van der Waals surface area contributed by atoms with Gasteiger partial charge in [-0.3, -0.25) is 0 Å². The van der Waals surface area contributed by atoms with E-state index >= 15 is 0 Å². The summed E-state index contributed by atoms with van der Waals surface area (Å²) < 4.78 is 63.3. The molecular formula is C21H16F3N3O5. The largest absolute Gasteiger partial charge is 0.573 e. The lowest BCUT2D eigenvalue weighted by molar-refractivity contribution is -0.274. The standard InChI is InChI=1S/C21H16F3N3O5/c1-28-17-9-13(31-21(22,23)24)5-6-14(17)12-4-7-16-15(8-12)20(27-32-16)29-10-18-25-26-19(30-18)11-2-3-11/h4-9,11H,2-3,10H2,1H3. The molecule has 1 saturated carbocycles. The van der Waals surface area contributed by atoms with Gasteiger partial charge in [-0.25, -0.2) is 0 Å². The van der Waals surface area contributed by atoms with Gasteiger partial charge in [-0.05, 0) is 47.8 Å². The average Bonchev–Trinajstić information content (AvgIpc) is 3.36. The normalized spacial score (nSPS) is 14.0. The minimum Gasteiger partial charge on any atom is -0.496 e. The molecule has 0 radical (unpaired) electrons. The van der Waals surface area contributed by atoms with Crippen molar-refractivity contribution in [2.45, 2.75) is 31.7 Å². The lowest BCUT2D eigenvalue weighted by Crippen LogP contribution is -2.17. The van der Waals surface area contributed by atoms with Gasteiger partial charge < -0.3 is 23.2 Å². The molecule has 8 nitrogen and oxygen atoms in total. The summed E-state index contributed by atoms with van der Waals surface area (Å²) in [5.41, 5.74) is 1.70. The van der Waals surface area contributed by atoms with Crippen LogP contribution in [0.5, 0.6) is 17.4 Å². The molecule has 32 heavy (non-hydrogen) atoms. The van der Waals surface area contributed by atoms with Crippen molar-refractivity contribution < 1.29 is 36.3 Å². The number of methoxy groups -OCH3 is 1. The number of fused-ring (bicyclic) bond motifs is 1. The number of ether oxygens (including phenoxy) is 3. The van der Waals surface area contributed by atoms with Crippen LogP contribution >= 0.6 is 0 Å². The zero-order valence-electron chi connectivity index (χ0n) is 16.7. The fraction of sp³-hybridized carbons (Fsp3) is 0.286. The number of hydrogen-bond donors (Lipinski definition) is 0. The van der Waals surface area contributed by atoms with E-state index in [0.717, 1.165) is 12.8 Å². The molecule has 1 fully saturated rings. The molecule has 11 heteroatoms. The van der Waals surface area contributed by atoms with E-state index in [-0.39, 0.29) is 24.0 Å². The van der Waals surface area contributed by atoms with Crippen LogP contribution in [0.1, 0.15) is 30.5 Å². The third-order valence-electron chi connectivity index (χ3n) is 4.90. The molecule has 4 aromatic rings. The summed E-state index contributed by atoms with van der Waals surface area (Å²) in [4.78, 5) is 0. The zero-order valence-corrected chi connectivity index (χ0v) is 16.7. The van der Waals surface area contributed by atoms with Gasteiger partial charge >= 0.3 is 6.36 Å². The van der Waals surface area contributed by atoms with E-state index in [1.807, 2.05) is 0 Å². The minimum absolute atomic E-state index is 0.0262. The Labute approximate surface area is 178 Å². The van der Waals surface area contributed by atoms with Crippen molar-refractivity contribution in [3.05, 3.63) is 48.2 Å². The molecule has 0 bridgehead atoms. The van der Waals surface area contributed by atoms with Crippen LogP contribution in [-0.4, -0.2) is 28.8 Å². The fourth-order valence-corrected chi connectivity index (χ4v) is 3.25. The van der Waals surface area contributed by atoms with Gasteiger partial charge in [-0.1, -0.05) is 6.07 Å². The monoisotopic (exact) mass is 447 g/mol. The summed E-state index contributed by atoms with van der Waals surface area (Å²) in [5.74, 6) is 1.35. The zero-order chi connectivity index (χ0) is 22.3. The first-order chi connectivity index (χ1) is 15.4. The van der Waals surface area contributed by atoms with Crippen molar-refractivity contribution in [1.29, 1.82) is 0 Å². The molecule has 0 amide bonds. The predicted octanol–water partition coefficient (Wildman–Crippen LogP) is 5.24. The third kappa shape index (κ3) is 4.18. The summed E-state index contributed by atoms with van der Waals surface area (Å²) in [6.45, 7) is 0.0262. The van der Waals surface area contributed by atoms with Crippen molar-refractivity contribution in [3.8, 4) is 28.5 Å². The Morgan fingerprint density at radius 2 is 1.94 bits per heavy atom. The quantitative estimate of drug-likeness (QED) is 0.380. The Morgan fingerprint density at radius 1 is 1.09 bits per heavy atom. The molecule has 0 N–H and O–H groups in total. The first-order valence-corrected chi connectivity index (χ1v) is 9.68. The molecule has 2 heterocycles. The Balaban J connectivity index is 1.40. The second-order valence-electron chi connectivity index (χ2n) is 7.21. The minimum atomic E-state index is -4.79. The topological polar surface area (TPSA) is 92.6 Å². The fourth-order valence-electron chi connectivity index (χ4n) is 3.25. The maximum Gasteiger partial charge on any atom is 0.573 e. The molecule has 166 valence electrons. The van der Waals surface area contributed by atoms with Gasteiger partial charge in [0.05, 0.1) is 12.5 Å². The van der Waals surface area contributed by atoms with Gasteiger partial charge in [0.15, 0.2) is 12.2 Å². The van der Waals surface area contributed by atoms with Crippen molar-refractivity contribution in [3.63, 3.8) is 0 Å². The Hall–Kier alpha value is -3.76. The number of hydrogen-bond acceptors (Lipinski definition) is 8. The molecule has 2 aromatic carbocycles. The highest BCUT2D eigenvalue weighted by Crippen LogP contribution is 2.40. The third-order valence-corrected chi connectivity index (χ3v) is 4.90. The van der Waals surface area contributed by atoms with Crippen LogP contribution in [0.3, 0.4) is 0 Å². The molecule has 0 atom stereocenters. The number of halogens is 3. The first-order valence-electron chi connectivity index (χ1n) is 9.68. The highest BCUT2D eigenvalue weighted by molar-refractivity contribution is 5.88. The summed E-state index contributed by atoms with van der Waals surface area (Å²) in [6, 6.07) is 9.03. The van der Waals surface area contributed by atoms with E-state index in [1.165, 1.54) is 25.3 Å². The van der Waals surface area contributed by atoms with Gasteiger partial charge in [-0.2, -0.15) is 0 Å². The van der Waals surface area contributed by atoms with Crippen molar-refractivity contribution in [2.24, 2.45) is 0 Å². The molecule has 2 aromatic heterocycles. The van der Waals surface area contributed by atoms with E-state index in [0.29, 0.717) is 39.8 Å². The second-order valence-corrected chi connectivity index (χ2v) is 7.21. The van der Waals surface area contributed by atoms with Gasteiger partial charge in [0.25, 0.3) is 11.8 Å². The molecular weight excluding hydrogens is 431 g/mol. The predicted molar refractivity (Wildman–Crippen MR) is 103 cm³/mol. The van der Waals surface area contributed by atoms with Crippen LogP contribution in [0, 0.1) is 0 Å². The van der Waals surface area contributed by atoms with E-state index in [4.69, 9.17) is 18.4 Å². The summed E-state index contributed by atoms with van der Waals surface area (Å²) >= 11 is 0. The van der Waals surface area contributed by atoms with Gasteiger partial charge in [-0.15, -0.1) is 23.4 Å². The summed E-state index contributed by atoms with van der Waals surface area (Å²) in [6.07, 6.45) is -2.70. The van der Waals surface area contributed by atoms with Crippen LogP contribution < -0.4 is 14.2 Å². The van der Waals surface area contributed by atoms with E-state index < -0.39 is 6.36 Å². The Morgan fingerprint density at radius 3 is 2.69 bits per heavy atom. The average molecular weight is 447 g/mol. The van der Waals surface area contributed by atoms with Crippen LogP contribution in [0.4, 0.5) is 13.2 Å². The second kappa shape index (κ2) is 7.74. The molecule has 1 aliphatic carbocycles. The van der Waals surface area contributed by atoms with E-state index in [1.54, 1.807) is 18.2 Å². The smallest absolute Gasteiger partial charge is 0.496 e. The van der Waals surface area contributed by atoms with Crippen LogP contribution in [-0.2, 0) is 6.61 Å². The van der Waals surface area contributed by atoms with Crippen LogP contribution in [0.15, 0.2) is 45.3 Å². The molecule has 0 unspecified atom stereocenters. The lowest BCUT2D eigenvalue weighted by atomic mass is 10.0. The molecule has 1 aliphatic rings. The van der Waals surface area contributed by atoms with Crippen molar-refractivity contribution in [1.82, 2.24) is 15.4 Å². The van der Waals surface area contributed by atoms with Crippen molar-refractivity contribution >= 4 is 11.0 Å². The van der Waals surface area contributed by atoms with Crippen molar-refractivity contribution in [2.75, 3.05) is 7.11 Å². The number of alkyl halides is 3. The van der Waals surface area contributed by atoms with Gasteiger partial charge in [0.1, 0.15) is 11.5 Å². The van der Waals surface area contributed by atoms with Gasteiger partial charge in [0.2, 0.25) is 5.89 Å².